The minimum atomic E-state index is 0.179. The van der Waals surface area contributed by atoms with Crippen molar-refractivity contribution in [2.45, 2.75) is 37.3 Å². The van der Waals surface area contributed by atoms with E-state index in [4.69, 9.17) is 4.74 Å². The number of thioether (sulfide) groups is 1. The largest absolute Gasteiger partial charge is 0.494 e. The van der Waals surface area contributed by atoms with E-state index in [1.54, 1.807) is 11.8 Å². The van der Waals surface area contributed by atoms with Crippen LogP contribution in [0.5, 0.6) is 5.75 Å². The highest BCUT2D eigenvalue weighted by molar-refractivity contribution is 7.99. The summed E-state index contributed by atoms with van der Waals surface area (Å²) in [6.45, 7) is 1.81. The monoisotopic (exact) mass is 387 g/mol. The lowest BCUT2D eigenvalue weighted by molar-refractivity contribution is -0.131. The third-order valence-corrected chi connectivity index (χ3v) is 6.63. The summed E-state index contributed by atoms with van der Waals surface area (Å²) in [7, 11) is 1.62. The van der Waals surface area contributed by atoms with Crippen LogP contribution in [0.3, 0.4) is 0 Å². The lowest BCUT2D eigenvalue weighted by Gasteiger charge is -2.41. The van der Waals surface area contributed by atoms with Gasteiger partial charge in [-0.25, -0.2) is 0 Å². The topological polar surface area (TPSA) is 73.1 Å². The molecule has 2 aliphatic rings. The zero-order valence-corrected chi connectivity index (χ0v) is 16.4. The molecule has 2 heterocycles. The Morgan fingerprint density at radius 3 is 2.89 bits per heavy atom. The molecule has 4 rings (SSSR count). The quantitative estimate of drug-likeness (QED) is 0.735. The highest BCUT2D eigenvalue weighted by Crippen LogP contribution is 2.36. The normalized spacial score (nSPS) is 22.3. The zero-order chi connectivity index (χ0) is 18.6. The standard InChI is InChI=1S/C19H25N5O2S/c1-26-17-9-5-4-8-16(17)24-19(20-21-22-24)27-13-18(25)23-11-10-14-6-2-3-7-15(14)12-23/h4-5,8-9,14-15H,2-3,6-7,10-13H2,1H3/t14-,15-/m0/s1. The molecule has 2 aromatic rings. The molecule has 1 amide bonds. The fourth-order valence-electron chi connectivity index (χ4n) is 4.27. The summed E-state index contributed by atoms with van der Waals surface area (Å²) in [5, 5.41) is 12.5. The molecule has 1 aromatic heterocycles. The maximum absolute atomic E-state index is 12.7. The van der Waals surface area contributed by atoms with Crippen molar-refractivity contribution in [1.29, 1.82) is 0 Å². The van der Waals surface area contributed by atoms with Gasteiger partial charge in [0.15, 0.2) is 0 Å². The molecule has 0 spiro atoms. The van der Waals surface area contributed by atoms with Crippen molar-refractivity contribution >= 4 is 17.7 Å². The lowest BCUT2D eigenvalue weighted by atomic mass is 9.75. The third kappa shape index (κ3) is 3.95. The van der Waals surface area contributed by atoms with Gasteiger partial charge in [-0.1, -0.05) is 43.2 Å². The number of rotatable bonds is 5. The van der Waals surface area contributed by atoms with Crippen molar-refractivity contribution in [1.82, 2.24) is 25.1 Å². The first-order valence-electron chi connectivity index (χ1n) is 9.58. The van der Waals surface area contributed by atoms with Gasteiger partial charge in [-0.15, -0.1) is 5.10 Å². The van der Waals surface area contributed by atoms with E-state index in [0.29, 0.717) is 22.6 Å². The first-order chi connectivity index (χ1) is 13.3. The number of nitrogens with zero attached hydrogens (tertiary/aromatic N) is 5. The van der Waals surface area contributed by atoms with Crippen LogP contribution in [0.15, 0.2) is 29.4 Å². The number of ether oxygens (including phenoxy) is 1. The van der Waals surface area contributed by atoms with E-state index in [-0.39, 0.29) is 5.91 Å². The van der Waals surface area contributed by atoms with E-state index in [9.17, 15) is 4.79 Å². The van der Waals surface area contributed by atoms with Crippen LogP contribution in [-0.4, -0.2) is 57.0 Å². The molecule has 1 saturated carbocycles. The Labute approximate surface area is 163 Å². The van der Waals surface area contributed by atoms with Crippen LogP contribution >= 0.6 is 11.8 Å². The van der Waals surface area contributed by atoms with Gasteiger partial charge in [0.2, 0.25) is 11.1 Å². The molecule has 1 aromatic carbocycles. The predicted molar refractivity (Wildman–Crippen MR) is 103 cm³/mol. The summed E-state index contributed by atoms with van der Waals surface area (Å²) in [5.74, 6) is 2.75. The number of piperidine rings is 1. The van der Waals surface area contributed by atoms with Crippen molar-refractivity contribution in [3.8, 4) is 11.4 Å². The number of benzene rings is 1. The second kappa shape index (κ2) is 8.29. The second-order valence-corrected chi connectivity index (χ2v) is 8.21. The van der Waals surface area contributed by atoms with E-state index in [0.717, 1.165) is 31.1 Å². The van der Waals surface area contributed by atoms with Gasteiger partial charge < -0.3 is 9.64 Å². The highest BCUT2D eigenvalue weighted by atomic mass is 32.2. The van der Waals surface area contributed by atoms with Crippen LogP contribution in [0.2, 0.25) is 0 Å². The summed E-state index contributed by atoms with van der Waals surface area (Å²) < 4.78 is 7.02. The van der Waals surface area contributed by atoms with Crippen LogP contribution in [0.25, 0.3) is 5.69 Å². The number of likely N-dealkylation sites (tertiary alicyclic amines) is 1. The summed E-state index contributed by atoms with van der Waals surface area (Å²) in [6.07, 6.45) is 6.44. The van der Waals surface area contributed by atoms with E-state index < -0.39 is 0 Å². The highest BCUT2D eigenvalue weighted by Gasteiger charge is 2.32. The summed E-state index contributed by atoms with van der Waals surface area (Å²) >= 11 is 1.38. The molecule has 2 atom stereocenters. The molecule has 1 aliphatic carbocycles. The zero-order valence-electron chi connectivity index (χ0n) is 15.6. The SMILES string of the molecule is COc1ccccc1-n1nnnc1SCC(=O)N1CC[C@@H]2CCCC[C@H]2C1. The number of hydrogen-bond donors (Lipinski definition) is 0. The van der Waals surface area contributed by atoms with Crippen molar-refractivity contribution in [3.05, 3.63) is 24.3 Å². The van der Waals surface area contributed by atoms with Gasteiger partial charge in [0.25, 0.3) is 0 Å². The molecule has 2 fully saturated rings. The number of methoxy groups -OCH3 is 1. The lowest BCUT2D eigenvalue weighted by Crippen LogP contribution is -2.45. The third-order valence-electron chi connectivity index (χ3n) is 5.72. The number of hydrogen-bond acceptors (Lipinski definition) is 6. The predicted octanol–water partition coefficient (Wildman–Crippen LogP) is 2.80. The maximum Gasteiger partial charge on any atom is 0.233 e. The Hall–Kier alpha value is -2.09. The molecule has 0 radical (unpaired) electrons. The molecule has 144 valence electrons. The van der Waals surface area contributed by atoms with Gasteiger partial charge in [-0.2, -0.15) is 4.68 Å². The Bertz CT molecular complexity index is 796. The fraction of sp³-hybridized carbons (Fsp3) is 0.579. The smallest absolute Gasteiger partial charge is 0.233 e. The molecule has 7 nitrogen and oxygen atoms in total. The average Bonchev–Trinajstić information content (AvgIpc) is 3.20. The van der Waals surface area contributed by atoms with Crippen LogP contribution in [-0.2, 0) is 4.79 Å². The minimum absolute atomic E-state index is 0.179. The Balaban J connectivity index is 1.40. The van der Waals surface area contributed by atoms with E-state index in [2.05, 4.69) is 15.5 Å². The first-order valence-corrected chi connectivity index (χ1v) is 10.6. The number of aromatic nitrogens is 4. The molecule has 0 N–H and O–H groups in total. The molecule has 27 heavy (non-hydrogen) atoms. The van der Waals surface area contributed by atoms with Crippen molar-refractivity contribution in [2.24, 2.45) is 11.8 Å². The molecule has 8 heteroatoms. The first kappa shape index (κ1) is 18.3. The van der Waals surface area contributed by atoms with Crippen molar-refractivity contribution < 1.29 is 9.53 Å². The average molecular weight is 388 g/mol. The van der Waals surface area contributed by atoms with Crippen LogP contribution in [0, 0.1) is 11.8 Å². The van der Waals surface area contributed by atoms with Gasteiger partial charge in [0.1, 0.15) is 11.4 Å². The Morgan fingerprint density at radius 2 is 2.04 bits per heavy atom. The number of carbonyl (C=O) groups is 1. The van der Waals surface area contributed by atoms with E-state index in [1.807, 2.05) is 29.2 Å². The minimum Gasteiger partial charge on any atom is -0.494 e. The van der Waals surface area contributed by atoms with Gasteiger partial charge >= 0.3 is 0 Å². The van der Waals surface area contributed by atoms with Gasteiger partial charge in [0, 0.05) is 13.1 Å². The Morgan fingerprint density at radius 1 is 1.22 bits per heavy atom. The summed E-state index contributed by atoms with van der Waals surface area (Å²) in [5.41, 5.74) is 0.767. The van der Waals surface area contributed by atoms with Crippen molar-refractivity contribution in [2.75, 3.05) is 26.0 Å². The number of para-hydroxylation sites is 2. The number of amides is 1. The Kier molecular flexibility index (Phi) is 5.61. The molecule has 1 saturated heterocycles. The number of tetrazole rings is 1. The van der Waals surface area contributed by atoms with Crippen LogP contribution < -0.4 is 4.74 Å². The van der Waals surface area contributed by atoms with Gasteiger partial charge in [-0.05, 0) is 47.2 Å². The fourth-order valence-corrected chi connectivity index (χ4v) is 5.06. The second-order valence-electron chi connectivity index (χ2n) is 7.27. The molecular formula is C19H25N5O2S. The number of carbonyl (C=O) groups excluding carboxylic acids is 1. The molecule has 0 unspecified atom stereocenters. The summed E-state index contributed by atoms with van der Waals surface area (Å²) in [6, 6.07) is 7.57. The van der Waals surface area contributed by atoms with Gasteiger partial charge in [0.05, 0.1) is 12.9 Å². The van der Waals surface area contributed by atoms with E-state index >= 15 is 0 Å². The maximum atomic E-state index is 12.7. The van der Waals surface area contributed by atoms with E-state index in [1.165, 1.54) is 37.4 Å². The summed E-state index contributed by atoms with van der Waals surface area (Å²) in [4.78, 5) is 14.8. The van der Waals surface area contributed by atoms with Crippen LogP contribution in [0.4, 0.5) is 0 Å². The number of fused-ring (bicyclic) bond motifs is 1. The molecule has 1 aliphatic heterocycles. The molecular weight excluding hydrogens is 362 g/mol. The van der Waals surface area contributed by atoms with Crippen molar-refractivity contribution in [3.63, 3.8) is 0 Å². The molecule has 0 bridgehead atoms. The van der Waals surface area contributed by atoms with Crippen LogP contribution in [0.1, 0.15) is 32.1 Å². The van der Waals surface area contributed by atoms with Gasteiger partial charge in [-0.3, -0.25) is 4.79 Å².